The summed E-state index contributed by atoms with van der Waals surface area (Å²) in [5, 5.41) is 6.41. The molecular formula is C16H22ClF3IN3O2. The highest BCUT2D eigenvalue weighted by atomic mass is 127. The smallest absolute Gasteiger partial charge is 0.390 e. The minimum absolute atomic E-state index is 0. The van der Waals surface area contributed by atoms with Gasteiger partial charge >= 0.3 is 6.18 Å². The lowest BCUT2D eigenvalue weighted by atomic mass is 10.1. The van der Waals surface area contributed by atoms with Gasteiger partial charge in [0.1, 0.15) is 13.2 Å². The van der Waals surface area contributed by atoms with Crippen LogP contribution in [0.3, 0.4) is 0 Å². The zero-order valence-electron chi connectivity index (χ0n) is 14.3. The molecule has 10 heteroatoms. The van der Waals surface area contributed by atoms with E-state index in [-0.39, 0.29) is 30.5 Å². The Labute approximate surface area is 172 Å². The molecule has 1 heterocycles. The summed E-state index contributed by atoms with van der Waals surface area (Å²) in [4.78, 5) is 3.92. The normalized spacial score (nSPS) is 13.8. The Morgan fingerprint density at radius 1 is 1.23 bits per heavy atom. The number of nitrogens with one attached hydrogen (secondary N) is 2. The van der Waals surface area contributed by atoms with Crippen molar-refractivity contribution in [3.63, 3.8) is 0 Å². The van der Waals surface area contributed by atoms with E-state index < -0.39 is 12.6 Å². The molecule has 1 aromatic rings. The number of nitrogens with zero attached hydrogens (tertiary/aromatic N) is 1. The maximum Gasteiger partial charge on any atom is 0.390 e. The number of hydrogen-bond acceptors (Lipinski definition) is 3. The van der Waals surface area contributed by atoms with Crippen molar-refractivity contribution >= 4 is 41.5 Å². The highest BCUT2D eigenvalue weighted by molar-refractivity contribution is 14.0. The maximum absolute atomic E-state index is 12.2. The Kier molecular flexibility index (Phi) is 9.62. The van der Waals surface area contributed by atoms with Crippen LogP contribution in [0.1, 0.15) is 18.9 Å². The Morgan fingerprint density at radius 3 is 2.65 bits per heavy atom. The van der Waals surface area contributed by atoms with E-state index in [1.165, 1.54) is 0 Å². The van der Waals surface area contributed by atoms with Gasteiger partial charge in [0.05, 0.1) is 18.0 Å². The molecule has 2 rings (SSSR count). The van der Waals surface area contributed by atoms with Crippen LogP contribution in [0.4, 0.5) is 13.2 Å². The number of fused-ring (bicyclic) bond motifs is 1. The van der Waals surface area contributed by atoms with Crippen LogP contribution in [0.2, 0.25) is 5.02 Å². The van der Waals surface area contributed by atoms with Gasteiger partial charge in [0.25, 0.3) is 0 Å². The van der Waals surface area contributed by atoms with Crippen molar-refractivity contribution in [1.82, 2.24) is 10.6 Å². The van der Waals surface area contributed by atoms with Crippen molar-refractivity contribution in [2.24, 2.45) is 4.99 Å². The largest absolute Gasteiger partial charge is 0.486 e. The van der Waals surface area contributed by atoms with Gasteiger partial charge < -0.3 is 20.1 Å². The molecule has 0 fully saturated rings. The molecule has 2 N–H and O–H groups in total. The van der Waals surface area contributed by atoms with Gasteiger partial charge in [-0.2, -0.15) is 13.2 Å². The molecule has 26 heavy (non-hydrogen) atoms. The highest BCUT2D eigenvalue weighted by Gasteiger charge is 2.26. The van der Waals surface area contributed by atoms with Crippen LogP contribution in [0.15, 0.2) is 17.1 Å². The SMILES string of the molecule is CCNC(=NCCC(F)(F)F)NCCc1cc(Cl)c2c(c1)OCCO2.I. The van der Waals surface area contributed by atoms with E-state index in [0.29, 0.717) is 55.2 Å². The van der Waals surface area contributed by atoms with E-state index in [2.05, 4.69) is 15.6 Å². The number of guanidine groups is 1. The molecule has 0 aromatic heterocycles. The maximum atomic E-state index is 12.2. The number of rotatable bonds is 6. The first kappa shape index (κ1) is 22.9. The summed E-state index contributed by atoms with van der Waals surface area (Å²) in [5.74, 6) is 1.52. The van der Waals surface area contributed by atoms with Crippen molar-refractivity contribution in [2.45, 2.75) is 25.9 Å². The molecule has 0 saturated carbocycles. The molecule has 0 spiro atoms. The van der Waals surface area contributed by atoms with Crippen molar-refractivity contribution < 1.29 is 22.6 Å². The monoisotopic (exact) mass is 507 g/mol. The molecule has 0 amide bonds. The van der Waals surface area contributed by atoms with Gasteiger partial charge in [0.2, 0.25) is 0 Å². The van der Waals surface area contributed by atoms with Gasteiger partial charge in [0, 0.05) is 13.1 Å². The Hall–Kier alpha value is -1.10. The lowest BCUT2D eigenvalue weighted by Crippen LogP contribution is -2.38. The summed E-state index contributed by atoms with van der Waals surface area (Å²) >= 11 is 6.18. The summed E-state index contributed by atoms with van der Waals surface area (Å²) in [6.07, 6.45) is -4.54. The van der Waals surface area contributed by atoms with Gasteiger partial charge in [0.15, 0.2) is 17.5 Å². The van der Waals surface area contributed by atoms with E-state index >= 15 is 0 Å². The third-order valence-corrected chi connectivity index (χ3v) is 3.65. The predicted octanol–water partition coefficient (Wildman–Crippen LogP) is 3.78. The second kappa shape index (κ2) is 10.9. The van der Waals surface area contributed by atoms with E-state index in [1.54, 1.807) is 6.07 Å². The zero-order valence-corrected chi connectivity index (χ0v) is 17.4. The Bertz CT molecular complexity index is 615. The average molecular weight is 508 g/mol. The molecule has 0 unspecified atom stereocenters. The summed E-state index contributed by atoms with van der Waals surface area (Å²) < 4.78 is 47.6. The zero-order chi connectivity index (χ0) is 18.3. The van der Waals surface area contributed by atoms with Crippen LogP contribution < -0.4 is 20.1 Å². The number of aliphatic imine (C=N–C) groups is 1. The van der Waals surface area contributed by atoms with Crippen LogP contribution in [0.5, 0.6) is 11.5 Å². The number of halogens is 5. The summed E-state index contributed by atoms with van der Waals surface area (Å²) in [5.41, 5.74) is 0.938. The number of ether oxygens (including phenoxy) is 2. The first-order valence-electron chi connectivity index (χ1n) is 8.06. The third kappa shape index (κ3) is 7.65. The van der Waals surface area contributed by atoms with Gasteiger partial charge in [-0.3, -0.25) is 4.99 Å². The van der Waals surface area contributed by atoms with Gasteiger partial charge in [-0.05, 0) is 31.0 Å². The molecule has 148 valence electrons. The summed E-state index contributed by atoms with van der Waals surface area (Å²) in [6.45, 7) is 3.54. The van der Waals surface area contributed by atoms with Crippen molar-refractivity contribution in [3.05, 3.63) is 22.7 Å². The molecule has 0 radical (unpaired) electrons. The van der Waals surface area contributed by atoms with Crippen LogP contribution in [0, 0.1) is 0 Å². The fraction of sp³-hybridized carbons (Fsp3) is 0.562. The standard InChI is InChI=1S/C16H21ClF3N3O2.HI/c1-2-21-15(23-6-4-16(18,19)20)22-5-3-11-9-12(17)14-13(10-11)24-7-8-25-14;/h9-10H,2-8H2,1H3,(H2,21,22,23);1H. The molecule has 0 bridgehead atoms. The second-order valence-corrected chi connectivity index (χ2v) is 5.81. The minimum atomic E-state index is -4.21. The van der Waals surface area contributed by atoms with E-state index in [0.717, 1.165) is 5.56 Å². The predicted molar refractivity (Wildman–Crippen MR) is 106 cm³/mol. The quantitative estimate of drug-likeness (QED) is 0.350. The van der Waals surface area contributed by atoms with Gasteiger partial charge in [-0.25, -0.2) is 0 Å². The Balaban J connectivity index is 0.00000338. The fourth-order valence-electron chi connectivity index (χ4n) is 2.27. The number of alkyl halides is 3. The topological polar surface area (TPSA) is 54.9 Å². The number of hydrogen-bond donors (Lipinski definition) is 2. The summed E-state index contributed by atoms with van der Waals surface area (Å²) in [6, 6.07) is 3.65. The van der Waals surface area contributed by atoms with Gasteiger partial charge in [-0.15, -0.1) is 24.0 Å². The molecule has 5 nitrogen and oxygen atoms in total. The fourth-order valence-corrected chi connectivity index (χ4v) is 2.56. The van der Waals surface area contributed by atoms with Crippen LogP contribution >= 0.6 is 35.6 Å². The van der Waals surface area contributed by atoms with Crippen LogP contribution in [0.25, 0.3) is 0 Å². The first-order valence-corrected chi connectivity index (χ1v) is 8.44. The second-order valence-electron chi connectivity index (χ2n) is 5.40. The van der Waals surface area contributed by atoms with E-state index in [4.69, 9.17) is 21.1 Å². The van der Waals surface area contributed by atoms with Gasteiger partial charge in [-0.1, -0.05) is 11.6 Å². The van der Waals surface area contributed by atoms with Crippen molar-refractivity contribution in [3.8, 4) is 11.5 Å². The number of benzene rings is 1. The average Bonchev–Trinajstić information content (AvgIpc) is 2.54. The van der Waals surface area contributed by atoms with Crippen LogP contribution in [-0.2, 0) is 6.42 Å². The van der Waals surface area contributed by atoms with Crippen LogP contribution in [-0.4, -0.2) is 45.0 Å². The summed E-state index contributed by atoms with van der Waals surface area (Å²) in [7, 11) is 0. The molecule has 1 aromatic carbocycles. The third-order valence-electron chi connectivity index (χ3n) is 3.37. The lowest BCUT2D eigenvalue weighted by Gasteiger charge is -2.20. The molecule has 1 aliphatic heterocycles. The van der Waals surface area contributed by atoms with E-state index in [1.807, 2.05) is 13.0 Å². The molecule has 0 aliphatic carbocycles. The molecule has 0 atom stereocenters. The first-order chi connectivity index (χ1) is 11.9. The molecule has 1 aliphatic rings. The van der Waals surface area contributed by atoms with Crippen molar-refractivity contribution in [2.75, 3.05) is 32.8 Å². The van der Waals surface area contributed by atoms with Crippen molar-refractivity contribution in [1.29, 1.82) is 0 Å². The highest BCUT2D eigenvalue weighted by Crippen LogP contribution is 2.38. The molecular weight excluding hydrogens is 486 g/mol. The Morgan fingerprint density at radius 2 is 1.96 bits per heavy atom. The lowest BCUT2D eigenvalue weighted by molar-refractivity contribution is -0.132. The molecule has 0 saturated heterocycles. The van der Waals surface area contributed by atoms with E-state index in [9.17, 15) is 13.2 Å². The minimum Gasteiger partial charge on any atom is -0.486 e.